The molecule has 0 radical (unpaired) electrons. The summed E-state index contributed by atoms with van der Waals surface area (Å²) in [6.07, 6.45) is 3.81. The van der Waals surface area contributed by atoms with Crippen molar-refractivity contribution in [1.29, 1.82) is 0 Å². The summed E-state index contributed by atoms with van der Waals surface area (Å²) in [7, 11) is 1.64. The zero-order chi connectivity index (χ0) is 14.4. The predicted molar refractivity (Wildman–Crippen MR) is 79.7 cm³/mol. The number of nitrogens with one attached hydrogen (secondary N) is 2. The molecule has 0 saturated carbocycles. The molecule has 21 heavy (non-hydrogen) atoms. The molecule has 4 aromatic rings. The van der Waals surface area contributed by atoms with Crippen LogP contribution in [0.4, 0.5) is 0 Å². The van der Waals surface area contributed by atoms with E-state index in [-0.39, 0.29) is 5.69 Å². The van der Waals surface area contributed by atoms with E-state index in [0.717, 1.165) is 28.2 Å². The Morgan fingerprint density at radius 3 is 2.71 bits per heavy atom. The van der Waals surface area contributed by atoms with Gasteiger partial charge in [-0.3, -0.25) is 0 Å². The minimum absolute atomic E-state index is 0.230. The fourth-order valence-corrected chi connectivity index (χ4v) is 2.45. The maximum atomic E-state index is 11.4. The van der Waals surface area contributed by atoms with Gasteiger partial charge in [0.05, 0.1) is 18.3 Å². The highest BCUT2D eigenvalue weighted by atomic mass is 16.5. The van der Waals surface area contributed by atoms with E-state index in [0.29, 0.717) is 5.52 Å². The zero-order valence-electron chi connectivity index (χ0n) is 11.3. The van der Waals surface area contributed by atoms with Gasteiger partial charge in [0.15, 0.2) is 5.65 Å². The van der Waals surface area contributed by atoms with Gasteiger partial charge in [-0.15, -0.1) is 0 Å². The quantitative estimate of drug-likeness (QED) is 0.591. The minimum Gasteiger partial charge on any atom is -0.497 e. The van der Waals surface area contributed by atoms with E-state index in [1.165, 1.54) is 0 Å². The number of aromatic nitrogens is 4. The van der Waals surface area contributed by atoms with Crippen LogP contribution in [-0.2, 0) is 0 Å². The molecule has 6 heteroatoms. The number of fused-ring (bicyclic) bond motifs is 3. The molecule has 4 rings (SSSR count). The smallest absolute Gasteiger partial charge is 0.323 e. The van der Waals surface area contributed by atoms with Crippen molar-refractivity contribution in [2.24, 2.45) is 0 Å². The summed E-state index contributed by atoms with van der Waals surface area (Å²) >= 11 is 0. The van der Waals surface area contributed by atoms with Crippen molar-refractivity contribution in [3.05, 3.63) is 53.2 Å². The van der Waals surface area contributed by atoms with Crippen molar-refractivity contribution in [3.8, 4) is 17.0 Å². The van der Waals surface area contributed by atoms with Gasteiger partial charge in [-0.25, -0.2) is 9.78 Å². The van der Waals surface area contributed by atoms with E-state index in [9.17, 15) is 4.79 Å². The zero-order valence-corrected chi connectivity index (χ0v) is 11.3. The van der Waals surface area contributed by atoms with Crippen LogP contribution in [0.15, 0.2) is 47.5 Å². The number of pyridine rings is 1. The largest absolute Gasteiger partial charge is 0.497 e. The monoisotopic (exact) mass is 280 g/mol. The van der Waals surface area contributed by atoms with Crippen molar-refractivity contribution >= 4 is 16.7 Å². The maximum absolute atomic E-state index is 11.4. The summed E-state index contributed by atoms with van der Waals surface area (Å²) < 4.78 is 7.05. The van der Waals surface area contributed by atoms with Gasteiger partial charge in [-0.2, -0.15) is 0 Å². The number of aromatic amines is 2. The molecule has 0 bridgehead atoms. The highest BCUT2D eigenvalue weighted by Gasteiger charge is 2.09. The van der Waals surface area contributed by atoms with Gasteiger partial charge in [-0.05, 0) is 30.3 Å². The van der Waals surface area contributed by atoms with Crippen LogP contribution in [0.5, 0.6) is 5.75 Å². The third-order valence-electron chi connectivity index (χ3n) is 3.50. The summed E-state index contributed by atoms with van der Waals surface area (Å²) in [5, 5.41) is 0. The number of benzene rings is 1. The second-order valence-electron chi connectivity index (χ2n) is 4.77. The summed E-state index contributed by atoms with van der Waals surface area (Å²) in [5.74, 6) is 0.805. The van der Waals surface area contributed by atoms with E-state index in [1.54, 1.807) is 7.11 Å². The van der Waals surface area contributed by atoms with E-state index in [4.69, 9.17) is 4.74 Å². The summed E-state index contributed by atoms with van der Waals surface area (Å²) in [4.78, 5) is 21.5. The number of ether oxygens (including phenoxy) is 1. The minimum atomic E-state index is -0.230. The third-order valence-corrected chi connectivity index (χ3v) is 3.50. The Bertz CT molecular complexity index is 992. The van der Waals surface area contributed by atoms with Crippen LogP contribution in [0.25, 0.3) is 27.9 Å². The fraction of sp³-hybridized carbons (Fsp3) is 0.0667. The molecule has 1 aromatic carbocycles. The molecular formula is C15H12N4O2. The van der Waals surface area contributed by atoms with Crippen LogP contribution in [0.3, 0.4) is 0 Å². The van der Waals surface area contributed by atoms with Crippen LogP contribution < -0.4 is 10.4 Å². The molecule has 104 valence electrons. The Labute approximate surface area is 119 Å². The fourth-order valence-electron chi connectivity index (χ4n) is 2.45. The first kappa shape index (κ1) is 11.8. The molecule has 0 atom stereocenters. The van der Waals surface area contributed by atoms with E-state index in [1.807, 2.05) is 47.1 Å². The summed E-state index contributed by atoms with van der Waals surface area (Å²) in [6, 6.07) is 9.55. The molecule has 0 spiro atoms. The molecule has 0 aliphatic rings. The summed E-state index contributed by atoms with van der Waals surface area (Å²) in [6.45, 7) is 0. The molecule has 0 fully saturated rings. The number of H-pyrrole nitrogens is 2. The van der Waals surface area contributed by atoms with Crippen LogP contribution >= 0.6 is 0 Å². The predicted octanol–water partition coefficient (Wildman–Crippen LogP) is 2.18. The Kier molecular flexibility index (Phi) is 2.38. The Balaban J connectivity index is 1.93. The first-order valence-corrected chi connectivity index (χ1v) is 6.49. The lowest BCUT2D eigenvalue weighted by Crippen LogP contribution is -1.99. The second kappa shape index (κ2) is 4.24. The third kappa shape index (κ3) is 1.80. The van der Waals surface area contributed by atoms with Crippen molar-refractivity contribution in [1.82, 2.24) is 19.4 Å². The van der Waals surface area contributed by atoms with Gasteiger partial charge in [0, 0.05) is 18.0 Å². The molecular weight excluding hydrogens is 268 g/mol. The lowest BCUT2D eigenvalue weighted by molar-refractivity contribution is 0.415. The highest BCUT2D eigenvalue weighted by molar-refractivity contribution is 5.88. The molecule has 0 aliphatic carbocycles. The number of hydrogen-bond acceptors (Lipinski definition) is 3. The average Bonchev–Trinajstić information content (AvgIpc) is 3.09. The molecule has 3 aromatic heterocycles. The number of methoxy groups -OCH3 is 1. The van der Waals surface area contributed by atoms with Gasteiger partial charge in [0.2, 0.25) is 0 Å². The number of nitrogens with zero attached hydrogens (tertiary/aromatic N) is 2. The lowest BCUT2D eigenvalue weighted by Gasteiger charge is -1.99. The Morgan fingerprint density at radius 2 is 1.95 bits per heavy atom. The number of imidazole rings is 2. The number of rotatable bonds is 2. The second-order valence-corrected chi connectivity index (χ2v) is 4.77. The molecule has 2 N–H and O–H groups in total. The topological polar surface area (TPSA) is 75.2 Å². The first-order chi connectivity index (χ1) is 10.2. The Morgan fingerprint density at radius 1 is 1.14 bits per heavy atom. The van der Waals surface area contributed by atoms with Crippen LogP contribution in [0.1, 0.15) is 0 Å². The number of hydrogen-bond donors (Lipinski definition) is 2. The molecule has 0 unspecified atom stereocenters. The van der Waals surface area contributed by atoms with Crippen molar-refractivity contribution < 1.29 is 4.74 Å². The van der Waals surface area contributed by atoms with Crippen molar-refractivity contribution in [3.63, 3.8) is 0 Å². The molecule has 0 aliphatic heterocycles. The van der Waals surface area contributed by atoms with Crippen LogP contribution in [0.2, 0.25) is 0 Å². The maximum Gasteiger partial charge on any atom is 0.323 e. The van der Waals surface area contributed by atoms with E-state index >= 15 is 0 Å². The van der Waals surface area contributed by atoms with Crippen molar-refractivity contribution in [2.75, 3.05) is 7.11 Å². The van der Waals surface area contributed by atoms with Gasteiger partial charge in [0.1, 0.15) is 11.3 Å². The first-order valence-electron chi connectivity index (χ1n) is 6.49. The standard InChI is InChI=1S/C15H12N4O2/c1-21-10-4-2-9(3-5-10)12-8-19-7-6-11-13(14(19)16-12)18-15(20)17-11/h2-8H,1H3,(H2,17,18,20). The molecule has 0 amide bonds. The SMILES string of the molecule is COc1ccc(-c2cn3ccc4[nH]c(=O)[nH]c4c3n2)cc1. The Hall–Kier alpha value is -3.02. The van der Waals surface area contributed by atoms with Crippen LogP contribution in [-0.4, -0.2) is 26.5 Å². The molecule has 0 saturated heterocycles. The van der Waals surface area contributed by atoms with Gasteiger partial charge >= 0.3 is 5.69 Å². The normalized spacial score (nSPS) is 11.3. The summed E-state index contributed by atoms with van der Waals surface area (Å²) in [5.41, 5.74) is 3.78. The average molecular weight is 280 g/mol. The van der Waals surface area contributed by atoms with Gasteiger partial charge in [0.25, 0.3) is 0 Å². The van der Waals surface area contributed by atoms with Crippen molar-refractivity contribution in [2.45, 2.75) is 0 Å². The highest BCUT2D eigenvalue weighted by Crippen LogP contribution is 2.24. The van der Waals surface area contributed by atoms with E-state index in [2.05, 4.69) is 15.0 Å². The van der Waals surface area contributed by atoms with Crippen LogP contribution in [0, 0.1) is 0 Å². The molecule has 3 heterocycles. The lowest BCUT2D eigenvalue weighted by atomic mass is 10.2. The molecule has 6 nitrogen and oxygen atoms in total. The van der Waals surface area contributed by atoms with E-state index < -0.39 is 0 Å². The van der Waals surface area contributed by atoms with Gasteiger partial charge in [-0.1, -0.05) is 0 Å². The van der Waals surface area contributed by atoms with Gasteiger partial charge < -0.3 is 19.1 Å².